The van der Waals surface area contributed by atoms with Crippen LogP contribution in [0.1, 0.15) is 23.2 Å². The van der Waals surface area contributed by atoms with Crippen molar-refractivity contribution in [2.75, 3.05) is 38.7 Å². The molecule has 0 spiro atoms. The van der Waals surface area contributed by atoms with Gasteiger partial charge < -0.3 is 15.5 Å². The minimum atomic E-state index is -0.510. The number of rotatable bonds is 8. The van der Waals surface area contributed by atoms with Crippen LogP contribution < -0.4 is 10.6 Å². The second kappa shape index (κ2) is 11.7. The quantitative estimate of drug-likeness (QED) is 0.679. The van der Waals surface area contributed by atoms with Crippen molar-refractivity contribution in [2.45, 2.75) is 18.9 Å². The highest BCUT2D eigenvalue weighted by Gasteiger charge is 2.31. The van der Waals surface area contributed by atoms with Crippen molar-refractivity contribution in [1.82, 2.24) is 15.5 Å². The van der Waals surface area contributed by atoms with Gasteiger partial charge in [-0.25, -0.2) is 0 Å². The Morgan fingerprint density at radius 2 is 2.12 bits per heavy atom. The third-order valence-electron chi connectivity index (χ3n) is 4.42. The van der Waals surface area contributed by atoms with E-state index in [1.807, 2.05) is 18.2 Å². The molecule has 0 saturated carbocycles. The Labute approximate surface area is 171 Å². The number of nitrogens with one attached hydrogen (secondary N) is 2. The van der Waals surface area contributed by atoms with Gasteiger partial charge in [-0.15, -0.1) is 12.4 Å². The summed E-state index contributed by atoms with van der Waals surface area (Å²) >= 11 is 7.77. The van der Waals surface area contributed by atoms with Crippen molar-refractivity contribution in [1.29, 1.82) is 0 Å². The van der Waals surface area contributed by atoms with E-state index in [1.54, 1.807) is 36.0 Å². The summed E-state index contributed by atoms with van der Waals surface area (Å²) < 4.78 is 0. The van der Waals surface area contributed by atoms with Crippen molar-refractivity contribution in [3.8, 4) is 0 Å². The van der Waals surface area contributed by atoms with Gasteiger partial charge in [0.05, 0.1) is 10.6 Å². The zero-order valence-electron chi connectivity index (χ0n) is 15.2. The number of carbonyl (C=O) groups excluding carboxylic acids is 2. The van der Waals surface area contributed by atoms with Crippen LogP contribution in [0.15, 0.2) is 24.3 Å². The summed E-state index contributed by atoms with van der Waals surface area (Å²) in [5, 5.41) is 6.45. The lowest BCUT2D eigenvalue weighted by molar-refractivity contribution is -0.132. The van der Waals surface area contributed by atoms with E-state index in [1.165, 1.54) is 0 Å². The van der Waals surface area contributed by atoms with Crippen LogP contribution in [-0.2, 0) is 4.79 Å². The molecule has 1 heterocycles. The van der Waals surface area contributed by atoms with Gasteiger partial charge in [0.2, 0.25) is 5.91 Å². The molecule has 0 bridgehead atoms. The molecule has 0 radical (unpaired) electrons. The van der Waals surface area contributed by atoms with Crippen LogP contribution in [0.25, 0.3) is 0 Å². The summed E-state index contributed by atoms with van der Waals surface area (Å²) in [7, 11) is 1.93. The van der Waals surface area contributed by atoms with Crippen molar-refractivity contribution in [3.63, 3.8) is 0 Å². The first-order valence-corrected chi connectivity index (χ1v) is 10.3. The predicted octanol–water partition coefficient (Wildman–Crippen LogP) is 2.68. The minimum Gasteiger partial charge on any atom is -0.341 e. The van der Waals surface area contributed by atoms with Crippen LogP contribution in [0.3, 0.4) is 0 Å². The topological polar surface area (TPSA) is 61.4 Å². The van der Waals surface area contributed by atoms with Crippen molar-refractivity contribution in [3.05, 3.63) is 34.9 Å². The second-order valence-electron chi connectivity index (χ2n) is 6.28. The Balaban J connectivity index is 0.00000338. The number of thioether (sulfide) groups is 1. The van der Waals surface area contributed by atoms with Crippen LogP contribution in [-0.4, -0.2) is 61.4 Å². The fourth-order valence-corrected chi connectivity index (χ4v) is 3.78. The number of carbonyl (C=O) groups is 2. The van der Waals surface area contributed by atoms with E-state index in [2.05, 4.69) is 10.6 Å². The van der Waals surface area contributed by atoms with Gasteiger partial charge in [-0.2, -0.15) is 11.8 Å². The first-order valence-electron chi connectivity index (χ1n) is 8.54. The van der Waals surface area contributed by atoms with E-state index >= 15 is 0 Å². The van der Waals surface area contributed by atoms with E-state index in [-0.39, 0.29) is 24.2 Å². The average Bonchev–Trinajstić information content (AvgIpc) is 3.07. The lowest BCUT2D eigenvalue weighted by Gasteiger charge is -2.24. The Morgan fingerprint density at radius 1 is 1.38 bits per heavy atom. The number of halogens is 2. The largest absolute Gasteiger partial charge is 0.341 e. The highest BCUT2D eigenvalue weighted by atomic mass is 35.5. The van der Waals surface area contributed by atoms with Crippen LogP contribution in [0.4, 0.5) is 0 Å². The lowest BCUT2D eigenvalue weighted by Crippen LogP contribution is -2.48. The van der Waals surface area contributed by atoms with Gasteiger partial charge in [-0.3, -0.25) is 9.59 Å². The number of nitrogens with zero attached hydrogens (tertiary/aromatic N) is 1. The molecule has 2 unspecified atom stereocenters. The summed E-state index contributed by atoms with van der Waals surface area (Å²) in [4.78, 5) is 27.3. The molecule has 5 nitrogen and oxygen atoms in total. The first-order chi connectivity index (χ1) is 12.1. The third kappa shape index (κ3) is 6.34. The van der Waals surface area contributed by atoms with Gasteiger partial charge in [-0.1, -0.05) is 23.7 Å². The van der Waals surface area contributed by atoms with Crippen LogP contribution in [0, 0.1) is 5.92 Å². The molecule has 1 saturated heterocycles. The summed E-state index contributed by atoms with van der Waals surface area (Å²) in [5.41, 5.74) is 0.403. The fraction of sp³-hybridized carbons (Fsp3) is 0.556. The second-order valence-corrected chi connectivity index (χ2v) is 7.68. The Morgan fingerprint density at radius 3 is 2.77 bits per heavy atom. The molecule has 2 rings (SSSR count). The van der Waals surface area contributed by atoms with Crippen LogP contribution >= 0.6 is 35.8 Å². The van der Waals surface area contributed by atoms with E-state index in [4.69, 9.17) is 11.6 Å². The minimum absolute atomic E-state index is 0. The third-order valence-corrected chi connectivity index (χ3v) is 5.40. The lowest BCUT2D eigenvalue weighted by atomic mass is 10.1. The maximum Gasteiger partial charge on any atom is 0.253 e. The predicted molar refractivity (Wildman–Crippen MR) is 112 cm³/mol. The average molecular weight is 420 g/mol. The van der Waals surface area contributed by atoms with Gasteiger partial charge in [0.1, 0.15) is 6.04 Å². The molecule has 1 aromatic carbocycles. The monoisotopic (exact) mass is 419 g/mol. The first kappa shape index (κ1) is 23.1. The molecule has 1 aromatic rings. The van der Waals surface area contributed by atoms with Gasteiger partial charge in [0, 0.05) is 13.1 Å². The maximum atomic E-state index is 12.9. The van der Waals surface area contributed by atoms with E-state index in [9.17, 15) is 9.59 Å². The van der Waals surface area contributed by atoms with Crippen molar-refractivity contribution >= 4 is 47.6 Å². The number of likely N-dealkylation sites (tertiary alicyclic amines) is 1. The molecule has 26 heavy (non-hydrogen) atoms. The smallest absolute Gasteiger partial charge is 0.253 e. The van der Waals surface area contributed by atoms with E-state index < -0.39 is 6.04 Å². The molecule has 2 N–H and O–H groups in total. The molecule has 2 atom stereocenters. The molecular weight excluding hydrogens is 393 g/mol. The summed E-state index contributed by atoms with van der Waals surface area (Å²) in [5.74, 6) is 1.01. The molecule has 2 amide bonds. The number of hydrogen-bond donors (Lipinski definition) is 2. The molecule has 0 aromatic heterocycles. The van der Waals surface area contributed by atoms with Gasteiger partial charge >= 0.3 is 0 Å². The fourth-order valence-electron chi connectivity index (χ4n) is 3.08. The molecule has 1 fully saturated rings. The zero-order valence-corrected chi connectivity index (χ0v) is 17.6. The number of amides is 2. The molecule has 8 heteroatoms. The highest BCUT2D eigenvalue weighted by Crippen LogP contribution is 2.19. The van der Waals surface area contributed by atoms with Crippen LogP contribution in [0.5, 0.6) is 0 Å². The SMILES string of the molecule is CNCC1CCN(C(=O)C(CCSC)NC(=O)c2ccccc2Cl)C1.Cl. The van der Waals surface area contributed by atoms with Crippen molar-refractivity contribution in [2.24, 2.45) is 5.92 Å². The van der Waals surface area contributed by atoms with E-state index in [0.29, 0.717) is 22.9 Å². The summed E-state index contributed by atoms with van der Waals surface area (Å²) in [6, 6.07) is 6.39. The normalized spacial score (nSPS) is 17.5. The Bertz CT molecular complexity index is 604. The van der Waals surface area contributed by atoms with Gasteiger partial charge in [0.25, 0.3) is 5.91 Å². The van der Waals surface area contributed by atoms with Gasteiger partial charge in [-0.05, 0) is 56.5 Å². The van der Waals surface area contributed by atoms with Crippen molar-refractivity contribution < 1.29 is 9.59 Å². The molecule has 1 aliphatic rings. The Hall–Kier alpha value is -0.950. The van der Waals surface area contributed by atoms with E-state index in [0.717, 1.165) is 31.8 Å². The summed E-state index contributed by atoms with van der Waals surface area (Å²) in [6.45, 7) is 2.41. The number of benzene rings is 1. The molecule has 1 aliphatic heterocycles. The molecule has 0 aliphatic carbocycles. The molecular formula is C18H27Cl2N3O2S. The zero-order chi connectivity index (χ0) is 18.2. The summed E-state index contributed by atoms with van der Waals surface area (Å²) in [6.07, 6.45) is 3.61. The molecule has 146 valence electrons. The maximum absolute atomic E-state index is 12.9. The van der Waals surface area contributed by atoms with Crippen LogP contribution in [0.2, 0.25) is 5.02 Å². The van der Waals surface area contributed by atoms with Gasteiger partial charge in [0.15, 0.2) is 0 Å². The number of hydrogen-bond acceptors (Lipinski definition) is 4. The Kier molecular flexibility index (Phi) is 10.4. The highest BCUT2D eigenvalue weighted by molar-refractivity contribution is 7.98. The standard InChI is InChI=1S/C18H26ClN3O2S.ClH/c1-20-11-13-7-9-22(12-13)18(24)16(8-10-25-2)21-17(23)14-5-3-4-6-15(14)19;/h3-6,13,16,20H,7-12H2,1-2H3,(H,21,23);1H.